The number of carbonyl (C=O) groups is 13. The normalized spacial score (nSPS) is 22.0. The third kappa shape index (κ3) is 31.1. The highest BCUT2D eigenvalue weighted by atomic mass is 32.2. The monoisotopic (exact) mass is 1620 g/mol. The van der Waals surface area contributed by atoms with Crippen molar-refractivity contribution in [1.82, 2.24) is 52.0 Å². The van der Waals surface area contributed by atoms with Crippen LogP contribution in [0.3, 0.4) is 0 Å². The molecule has 4 aliphatic rings. The maximum Gasteiger partial charge on any atom is 0.253 e. The van der Waals surface area contributed by atoms with Gasteiger partial charge in [0, 0.05) is 105 Å². The average molecular weight is 1620 g/mol. The molecule has 112 heavy (non-hydrogen) atoms. The van der Waals surface area contributed by atoms with E-state index in [0.29, 0.717) is 140 Å². The van der Waals surface area contributed by atoms with Crippen LogP contribution in [-0.2, 0) is 123 Å². The van der Waals surface area contributed by atoms with Gasteiger partial charge in [-0.1, -0.05) is 27.2 Å². The summed E-state index contributed by atoms with van der Waals surface area (Å²) in [6, 6.07) is -3.69. The van der Waals surface area contributed by atoms with Crippen molar-refractivity contribution in [3.63, 3.8) is 0 Å². The minimum Gasteiger partial charge on any atom is -0.496 e. The highest BCUT2D eigenvalue weighted by molar-refractivity contribution is 7.98. The van der Waals surface area contributed by atoms with Gasteiger partial charge < -0.3 is 111 Å². The van der Waals surface area contributed by atoms with Gasteiger partial charge in [0.05, 0.1) is 179 Å². The van der Waals surface area contributed by atoms with Gasteiger partial charge in [0.2, 0.25) is 53.2 Å². The number of amides is 11. The van der Waals surface area contributed by atoms with Crippen LogP contribution in [-0.4, -0.2) is 317 Å². The van der Waals surface area contributed by atoms with Gasteiger partial charge in [0.15, 0.2) is 11.6 Å². The maximum atomic E-state index is 15.4. The summed E-state index contributed by atoms with van der Waals surface area (Å²) < 4.78 is 65.4. The Morgan fingerprint density at radius 1 is 0.696 bits per heavy atom. The molecular formula is C73H111N11O26S2. The zero-order valence-corrected chi connectivity index (χ0v) is 65.7. The Balaban J connectivity index is 0.967. The predicted molar refractivity (Wildman–Crippen MR) is 403 cm³/mol. The SMILES string of the molecule is CC[C@H](C)[C@@H]1CC(=O)CNC(=O)[C@H]2CC(=O)[C@H]([C@@H](C)[C@@H](O)CO)NC(=O)[C@@H]3C[C@@H](O)CN3C(=O)[C@H](CC(N)=O)NC(=O)[C@@H](CS(=O)c3[nH]c4c(CSCCCCNC(=O)CCOCCOCCOCCOCCOCCOCCOCCOCCNC(=O)CCN5C(=O)C=CC5=O)c(OC)ccc4c3C2)NC(=O)CNC1=O. The van der Waals surface area contributed by atoms with E-state index in [0.717, 1.165) is 9.80 Å². The fraction of sp³-hybridized carbons (Fsp3) is 0.685. The number of rotatable bonds is 45. The summed E-state index contributed by atoms with van der Waals surface area (Å²) in [5.41, 5.74) is 6.74. The molecule has 11 atom stereocenters. The van der Waals surface area contributed by atoms with Crippen molar-refractivity contribution in [3.05, 3.63) is 35.4 Å². The van der Waals surface area contributed by atoms with Crippen LogP contribution in [0.2, 0.25) is 0 Å². The molecule has 6 rings (SSSR count). The summed E-state index contributed by atoms with van der Waals surface area (Å²) in [7, 11) is -0.974. The van der Waals surface area contributed by atoms with Crippen molar-refractivity contribution in [1.29, 1.82) is 0 Å². The first kappa shape index (κ1) is 92.9. The number of fused-ring (bicyclic) bond motifs is 5. The zero-order valence-electron chi connectivity index (χ0n) is 64.1. The second kappa shape index (κ2) is 50.3. The minimum absolute atomic E-state index is 0.0151. The number of unbranched alkanes of at least 4 members (excludes halogenated alkanes) is 1. The molecule has 626 valence electrons. The number of imide groups is 1. The molecule has 1 saturated heterocycles. The molecule has 0 saturated carbocycles. The first-order valence-electron chi connectivity index (χ1n) is 37.8. The second-order valence-corrected chi connectivity index (χ2v) is 29.8. The van der Waals surface area contributed by atoms with Crippen LogP contribution >= 0.6 is 11.8 Å². The van der Waals surface area contributed by atoms with Crippen LogP contribution in [0.4, 0.5) is 0 Å². The van der Waals surface area contributed by atoms with Crippen LogP contribution in [0, 0.1) is 23.7 Å². The number of nitrogens with one attached hydrogen (secondary N) is 8. The summed E-state index contributed by atoms with van der Waals surface area (Å²) in [6.45, 7) is 8.25. The number of primary amides is 1. The molecule has 1 aromatic heterocycles. The fourth-order valence-corrected chi connectivity index (χ4v) is 15.0. The van der Waals surface area contributed by atoms with E-state index >= 15 is 9.00 Å². The minimum atomic E-state index is -2.42. The van der Waals surface area contributed by atoms with Crippen molar-refractivity contribution in [2.75, 3.05) is 170 Å². The van der Waals surface area contributed by atoms with Gasteiger partial charge in [-0.3, -0.25) is 71.4 Å². The predicted octanol–water partition coefficient (Wildman–Crippen LogP) is -3.35. The number of aliphatic hydroxyl groups is 3. The highest BCUT2D eigenvalue weighted by Crippen LogP contribution is 2.37. The topological polar surface area (TPSA) is 515 Å². The summed E-state index contributed by atoms with van der Waals surface area (Å²) in [5, 5.41) is 50.6. The molecule has 5 heterocycles. The summed E-state index contributed by atoms with van der Waals surface area (Å²) >= 11 is 1.50. The lowest BCUT2D eigenvalue weighted by molar-refractivity contribution is -0.144. The molecule has 1 fully saturated rings. The quantitative estimate of drug-likeness (QED) is 0.0228. The largest absolute Gasteiger partial charge is 0.496 e. The van der Waals surface area contributed by atoms with Crippen molar-refractivity contribution in [3.8, 4) is 5.75 Å². The summed E-state index contributed by atoms with van der Waals surface area (Å²) in [5.74, 6) is -13.4. The number of methoxy groups -OCH3 is 1. The average Bonchev–Trinajstić information content (AvgIpc) is 1.61. The fourth-order valence-electron chi connectivity index (χ4n) is 12.5. The number of ketones is 2. The van der Waals surface area contributed by atoms with Gasteiger partial charge in [-0.05, 0) is 48.6 Å². The molecule has 2 aromatic rings. The van der Waals surface area contributed by atoms with Crippen molar-refractivity contribution < 1.29 is 124 Å². The van der Waals surface area contributed by atoms with E-state index in [1.54, 1.807) is 26.0 Å². The Morgan fingerprint density at radius 3 is 1.87 bits per heavy atom. The number of aliphatic hydroxyl groups excluding tert-OH is 3. The molecule has 11 amide bonds. The van der Waals surface area contributed by atoms with Crippen molar-refractivity contribution >= 4 is 110 Å². The van der Waals surface area contributed by atoms with Crippen LogP contribution in [0.5, 0.6) is 5.75 Å². The Labute approximate surface area is 656 Å². The number of ether oxygens (including phenoxy) is 9. The lowest BCUT2D eigenvalue weighted by atomic mass is 9.85. The zero-order chi connectivity index (χ0) is 81.5. The van der Waals surface area contributed by atoms with E-state index in [1.807, 2.05) is 0 Å². The van der Waals surface area contributed by atoms with E-state index in [9.17, 15) is 72.9 Å². The number of hydrogen-bond donors (Lipinski definition) is 12. The molecule has 39 heteroatoms. The number of nitrogens with zero attached hydrogens (tertiary/aromatic N) is 2. The van der Waals surface area contributed by atoms with E-state index in [4.69, 9.17) is 48.4 Å². The first-order valence-corrected chi connectivity index (χ1v) is 40.2. The Morgan fingerprint density at radius 2 is 1.28 bits per heavy atom. The van der Waals surface area contributed by atoms with Gasteiger partial charge in [-0.25, -0.2) is 0 Å². The molecule has 1 aromatic carbocycles. The Bertz CT molecular complexity index is 3510. The molecule has 2 bridgehead atoms. The number of carbonyl (C=O) groups excluding carboxylic acids is 13. The highest BCUT2D eigenvalue weighted by Gasteiger charge is 2.45. The Kier molecular flexibility index (Phi) is 41.8. The van der Waals surface area contributed by atoms with E-state index in [1.165, 1.54) is 37.9 Å². The maximum absolute atomic E-state index is 15.4. The molecule has 13 N–H and O–H groups in total. The van der Waals surface area contributed by atoms with Crippen LogP contribution in [0.15, 0.2) is 29.3 Å². The number of H-pyrrole nitrogens is 1. The van der Waals surface area contributed by atoms with Gasteiger partial charge in [0.25, 0.3) is 11.8 Å². The van der Waals surface area contributed by atoms with Crippen LogP contribution in [0.1, 0.15) is 89.7 Å². The smallest absolute Gasteiger partial charge is 0.253 e. The van der Waals surface area contributed by atoms with Gasteiger partial charge in [-0.2, -0.15) is 11.8 Å². The number of thioether (sulfide) groups is 1. The number of nitrogens with two attached hydrogens (primary N) is 1. The summed E-state index contributed by atoms with van der Waals surface area (Å²) in [6.07, 6.45) is -1.66. The van der Waals surface area contributed by atoms with Crippen molar-refractivity contribution in [2.45, 2.75) is 132 Å². The number of aromatic nitrogens is 1. The molecule has 4 aliphatic heterocycles. The molecular weight excluding hydrogens is 1510 g/mol. The number of aromatic amines is 1. The van der Waals surface area contributed by atoms with Gasteiger partial charge in [-0.15, -0.1) is 0 Å². The second-order valence-electron chi connectivity index (χ2n) is 27.2. The van der Waals surface area contributed by atoms with E-state index in [2.05, 4.69) is 42.2 Å². The number of Topliss-reactive ketones (excluding diaryl/α,β-unsaturated/α-hetero) is 2. The molecule has 37 nitrogen and oxygen atoms in total. The molecule has 0 spiro atoms. The van der Waals surface area contributed by atoms with Gasteiger partial charge in [0.1, 0.15) is 28.9 Å². The van der Waals surface area contributed by atoms with E-state index in [-0.39, 0.29) is 73.9 Å². The molecule has 0 radical (unpaired) electrons. The first-order chi connectivity index (χ1) is 53.8. The third-order valence-electron chi connectivity index (χ3n) is 19.0. The van der Waals surface area contributed by atoms with Gasteiger partial charge >= 0.3 is 0 Å². The lowest BCUT2D eigenvalue weighted by Crippen LogP contribution is -2.60. The number of hydrogen-bond acceptors (Lipinski definition) is 27. The number of benzene rings is 1. The van der Waals surface area contributed by atoms with Crippen molar-refractivity contribution in [2.24, 2.45) is 29.4 Å². The molecule has 1 unspecified atom stereocenters. The van der Waals surface area contributed by atoms with E-state index < -0.39 is 200 Å². The standard InChI is InChI=1S/C73H111N11O26S2/c1-5-45(2)51-36-48(86)39-77-68(96)47-34-52-50-8-9-59(102-4)53(43-111-33-7-6-14-75-62(92)13-17-103-19-21-105-23-25-107-27-29-109-31-32-110-30-28-108-26-24-106-22-20-104-18-15-76-61(91)12-16-83-64(94)10-11-65(83)95)67(50)82-72(52)112(101)44-55(79-63(93)40-78-69(51)97)70(98)80-54(38-60(74)90)73(100)84-41-49(87)37-56(84)71(99)81-66(57(88)35-47)46(3)58(89)42-85/h8-11,45-47,49,51,54-56,58,66,82,85,87,89H,5-7,12-44H2,1-4H3,(H2,74,90)(H,75,92)(H,76,91)(H,77,96)(H,78,97)(H,79,93)(H,80,98)(H,81,99)/t45-,46-,47+,49+,51-,54-,55+,56-,58-,66-,112?/m0/s1. The van der Waals surface area contributed by atoms with Crippen LogP contribution in [0.25, 0.3) is 10.9 Å². The molecule has 0 aliphatic carbocycles. The summed E-state index contributed by atoms with van der Waals surface area (Å²) in [4.78, 5) is 181. The lowest BCUT2D eigenvalue weighted by Gasteiger charge is -2.32. The Hall–Kier alpha value is -7.93. The third-order valence-corrected chi connectivity index (χ3v) is 21.5. The van der Waals surface area contributed by atoms with Crippen LogP contribution < -0.4 is 47.7 Å².